The van der Waals surface area contributed by atoms with Gasteiger partial charge in [-0.2, -0.15) is 0 Å². The van der Waals surface area contributed by atoms with E-state index >= 15 is 0 Å². The van der Waals surface area contributed by atoms with Crippen LogP contribution in [0.5, 0.6) is 0 Å². The van der Waals surface area contributed by atoms with Gasteiger partial charge in [0.25, 0.3) is 0 Å². The van der Waals surface area contributed by atoms with Crippen molar-refractivity contribution in [2.45, 2.75) is 0 Å². The first-order valence-electron chi connectivity index (χ1n) is 18.8. The van der Waals surface area contributed by atoms with Crippen molar-refractivity contribution in [3.63, 3.8) is 0 Å². The average molecular weight is 703 g/mol. The summed E-state index contributed by atoms with van der Waals surface area (Å²) in [6.07, 6.45) is 0. The average Bonchev–Trinajstić information content (AvgIpc) is 3.80. The Labute approximate surface area is 318 Å². The van der Waals surface area contributed by atoms with Crippen LogP contribution in [0.1, 0.15) is 0 Å². The minimum absolute atomic E-state index is 0.869. The quantitative estimate of drug-likeness (QED) is 0.172. The van der Waals surface area contributed by atoms with E-state index in [0.717, 1.165) is 55.8 Å². The number of furan rings is 1. The van der Waals surface area contributed by atoms with Crippen LogP contribution in [0.25, 0.3) is 82.5 Å². The summed E-state index contributed by atoms with van der Waals surface area (Å²) in [4.78, 5) is 2.32. The van der Waals surface area contributed by atoms with Gasteiger partial charge >= 0.3 is 0 Å². The van der Waals surface area contributed by atoms with E-state index in [1.807, 2.05) is 0 Å². The number of nitrogens with zero attached hydrogens (tertiary/aromatic N) is 2. The molecule has 0 bridgehead atoms. The highest BCUT2D eigenvalue weighted by Crippen LogP contribution is 2.44. The maximum atomic E-state index is 6.74. The zero-order valence-corrected chi connectivity index (χ0v) is 29.9. The smallest absolute Gasteiger partial charge is 0.136 e. The molecule has 11 aromatic rings. The molecule has 3 nitrogen and oxygen atoms in total. The van der Waals surface area contributed by atoms with Crippen molar-refractivity contribution in [3.05, 3.63) is 206 Å². The molecule has 0 saturated heterocycles. The SMILES string of the molecule is c1ccc(-c2ccc(N(c3ccccc3)c3ccc4oc5cc(-c6ccc7c8ccccc8n(-c8ccccc8)c7c6)c6ccccc6c5c4c3)cc2)cc1. The van der Waals surface area contributed by atoms with Gasteiger partial charge < -0.3 is 13.9 Å². The van der Waals surface area contributed by atoms with Crippen molar-refractivity contribution in [1.82, 2.24) is 4.57 Å². The first kappa shape index (κ1) is 31.2. The highest BCUT2D eigenvalue weighted by Gasteiger charge is 2.20. The van der Waals surface area contributed by atoms with Gasteiger partial charge in [-0.25, -0.2) is 0 Å². The Bertz CT molecular complexity index is 3180. The summed E-state index contributed by atoms with van der Waals surface area (Å²) in [6.45, 7) is 0. The Morgan fingerprint density at radius 2 is 0.927 bits per heavy atom. The molecule has 0 saturated carbocycles. The Morgan fingerprint density at radius 3 is 1.71 bits per heavy atom. The first-order chi connectivity index (χ1) is 27.3. The van der Waals surface area contributed by atoms with Crippen molar-refractivity contribution in [2.24, 2.45) is 0 Å². The van der Waals surface area contributed by atoms with Crippen LogP contribution in [-0.4, -0.2) is 4.57 Å². The molecule has 0 spiro atoms. The Morgan fingerprint density at radius 1 is 0.345 bits per heavy atom. The van der Waals surface area contributed by atoms with E-state index in [1.54, 1.807) is 0 Å². The minimum atomic E-state index is 0.869. The van der Waals surface area contributed by atoms with Crippen molar-refractivity contribution >= 4 is 71.6 Å². The third-order valence-corrected chi connectivity index (χ3v) is 11.0. The lowest BCUT2D eigenvalue weighted by Gasteiger charge is -2.25. The van der Waals surface area contributed by atoms with Crippen LogP contribution in [0.4, 0.5) is 17.1 Å². The molecule has 258 valence electrons. The standard InChI is InChI=1S/C52H34N2O/c1-4-14-35(15-5-1)36-24-27-40(28-25-36)53(38-16-6-2-7-17-38)41-29-31-50-47(33-41)52-45-22-11-10-20-42(45)46(34-51(52)55-50)37-26-30-44-43-21-12-13-23-48(43)54(49(44)32-37)39-18-8-3-9-19-39/h1-34H. The predicted molar refractivity (Wildman–Crippen MR) is 231 cm³/mol. The molecule has 0 radical (unpaired) electrons. The fourth-order valence-electron chi connectivity index (χ4n) is 8.46. The molecule has 0 aliphatic rings. The van der Waals surface area contributed by atoms with Gasteiger partial charge in [-0.1, -0.05) is 133 Å². The normalized spacial score (nSPS) is 11.6. The lowest BCUT2D eigenvalue weighted by Crippen LogP contribution is -2.09. The Balaban J connectivity index is 1.09. The van der Waals surface area contributed by atoms with Gasteiger partial charge in [0.15, 0.2) is 0 Å². The molecule has 0 amide bonds. The Kier molecular flexibility index (Phi) is 7.17. The fourth-order valence-corrected chi connectivity index (χ4v) is 8.46. The number of para-hydroxylation sites is 3. The topological polar surface area (TPSA) is 21.3 Å². The van der Waals surface area contributed by atoms with Crippen molar-refractivity contribution in [2.75, 3.05) is 4.90 Å². The molecule has 0 N–H and O–H groups in total. The molecule has 2 heterocycles. The second-order valence-corrected chi connectivity index (χ2v) is 14.1. The van der Waals surface area contributed by atoms with Crippen LogP contribution >= 0.6 is 0 Å². The highest BCUT2D eigenvalue weighted by atomic mass is 16.3. The lowest BCUT2D eigenvalue weighted by molar-refractivity contribution is 0.669. The van der Waals surface area contributed by atoms with Crippen molar-refractivity contribution < 1.29 is 4.42 Å². The number of anilines is 3. The molecule has 0 aliphatic carbocycles. The zero-order valence-electron chi connectivity index (χ0n) is 29.9. The molecule has 0 fully saturated rings. The molecule has 3 heteroatoms. The van der Waals surface area contributed by atoms with Crippen LogP contribution in [-0.2, 0) is 0 Å². The molecule has 11 rings (SSSR count). The molecular formula is C52H34N2O. The first-order valence-corrected chi connectivity index (χ1v) is 18.8. The van der Waals surface area contributed by atoms with E-state index in [2.05, 4.69) is 216 Å². The summed E-state index contributed by atoms with van der Waals surface area (Å²) in [5.41, 5.74) is 13.2. The summed E-state index contributed by atoms with van der Waals surface area (Å²) in [5.74, 6) is 0. The van der Waals surface area contributed by atoms with Gasteiger partial charge in [0.05, 0.1) is 11.0 Å². The molecule has 55 heavy (non-hydrogen) atoms. The molecule has 0 aliphatic heterocycles. The number of hydrogen-bond acceptors (Lipinski definition) is 2. The summed E-state index contributed by atoms with van der Waals surface area (Å²) in [7, 11) is 0. The third-order valence-electron chi connectivity index (χ3n) is 11.0. The third kappa shape index (κ3) is 5.13. The van der Waals surface area contributed by atoms with Gasteiger partial charge in [0, 0.05) is 44.3 Å². The van der Waals surface area contributed by atoms with Crippen LogP contribution in [0.3, 0.4) is 0 Å². The number of benzene rings is 9. The van der Waals surface area contributed by atoms with Gasteiger partial charge in [0.1, 0.15) is 11.2 Å². The van der Waals surface area contributed by atoms with E-state index < -0.39 is 0 Å². The summed E-state index contributed by atoms with van der Waals surface area (Å²) >= 11 is 0. The van der Waals surface area contributed by atoms with Crippen LogP contribution in [0.2, 0.25) is 0 Å². The zero-order chi connectivity index (χ0) is 36.3. The number of fused-ring (bicyclic) bond motifs is 8. The lowest BCUT2D eigenvalue weighted by atomic mass is 9.94. The van der Waals surface area contributed by atoms with E-state index in [9.17, 15) is 0 Å². The second-order valence-electron chi connectivity index (χ2n) is 14.1. The van der Waals surface area contributed by atoms with E-state index in [-0.39, 0.29) is 0 Å². The summed E-state index contributed by atoms with van der Waals surface area (Å²) in [6, 6.07) is 73.7. The second kappa shape index (κ2) is 12.6. The maximum absolute atomic E-state index is 6.74. The molecule has 0 atom stereocenters. The van der Waals surface area contributed by atoms with Crippen molar-refractivity contribution in [3.8, 4) is 27.9 Å². The van der Waals surface area contributed by atoms with Gasteiger partial charge in [0.2, 0.25) is 0 Å². The molecule has 2 aromatic heterocycles. The predicted octanol–water partition coefficient (Wildman–Crippen LogP) is 14.6. The summed E-state index contributed by atoms with van der Waals surface area (Å²) < 4.78 is 9.12. The summed E-state index contributed by atoms with van der Waals surface area (Å²) in [5, 5.41) is 7.08. The molecular weight excluding hydrogens is 669 g/mol. The van der Waals surface area contributed by atoms with Gasteiger partial charge in [-0.15, -0.1) is 0 Å². The van der Waals surface area contributed by atoms with Crippen LogP contribution in [0, 0.1) is 0 Å². The number of aromatic nitrogens is 1. The minimum Gasteiger partial charge on any atom is -0.456 e. The molecule has 9 aromatic carbocycles. The van der Waals surface area contributed by atoms with Gasteiger partial charge in [-0.3, -0.25) is 0 Å². The van der Waals surface area contributed by atoms with E-state index in [4.69, 9.17) is 4.42 Å². The largest absolute Gasteiger partial charge is 0.456 e. The van der Waals surface area contributed by atoms with E-state index in [0.29, 0.717) is 0 Å². The monoisotopic (exact) mass is 702 g/mol. The maximum Gasteiger partial charge on any atom is 0.136 e. The molecule has 0 unspecified atom stereocenters. The van der Waals surface area contributed by atoms with Crippen LogP contribution in [0.15, 0.2) is 211 Å². The van der Waals surface area contributed by atoms with E-state index in [1.165, 1.54) is 43.7 Å². The van der Waals surface area contributed by atoms with Crippen molar-refractivity contribution in [1.29, 1.82) is 0 Å². The number of rotatable bonds is 6. The van der Waals surface area contributed by atoms with Crippen LogP contribution < -0.4 is 4.90 Å². The van der Waals surface area contributed by atoms with Gasteiger partial charge in [-0.05, 0) is 106 Å². The number of hydrogen-bond donors (Lipinski definition) is 0. The Hall–Kier alpha value is -7.36. The highest BCUT2D eigenvalue weighted by molar-refractivity contribution is 6.23. The fraction of sp³-hybridized carbons (Fsp3) is 0.